The first-order chi connectivity index (χ1) is 6.86. The molecule has 0 aliphatic heterocycles. The molecule has 0 spiro atoms. The van der Waals surface area contributed by atoms with Crippen LogP contribution < -0.4 is 4.74 Å². The molecule has 1 aromatic rings. The lowest BCUT2D eigenvalue weighted by Crippen LogP contribution is -2.01. The molecule has 0 aliphatic rings. The molecular weight excluding hydrogens is 180 g/mol. The monoisotopic (exact) mass is 196 g/mol. The molecule has 3 nitrogen and oxygen atoms in total. The van der Waals surface area contributed by atoms with E-state index < -0.39 is 0 Å². The van der Waals surface area contributed by atoms with Gasteiger partial charge in [-0.25, -0.2) is 0 Å². The van der Waals surface area contributed by atoms with Crippen molar-refractivity contribution < 1.29 is 14.2 Å². The molecular formula is C11H16O3. The molecule has 0 saturated carbocycles. The molecule has 1 aromatic carbocycles. The van der Waals surface area contributed by atoms with Crippen molar-refractivity contribution in [2.75, 3.05) is 27.6 Å². The summed E-state index contributed by atoms with van der Waals surface area (Å²) in [5.74, 6) is 0.884. The van der Waals surface area contributed by atoms with Crippen LogP contribution in [0, 0.1) is 0 Å². The van der Waals surface area contributed by atoms with Gasteiger partial charge in [0.05, 0.1) is 13.7 Å². The van der Waals surface area contributed by atoms with Gasteiger partial charge in [-0.3, -0.25) is 0 Å². The lowest BCUT2D eigenvalue weighted by Gasteiger charge is -2.04. The maximum absolute atomic E-state index is 5.20. The van der Waals surface area contributed by atoms with Gasteiger partial charge in [-0.1, -0.05) is 12.1 Å². The van der Waals surface area contributed by atoms with Crippen molar-refractivity contribution in [1.82, 2.24) is 0 Å². The van der Waals surface area contributed by atoms with Crippen molar-refractivity contribution in [3.05, 3.63) is 29.8 Å². The third-order valence-corrected chi connectivity index (χ3v) is 1.87. The predicted molar refractivity (Wildman–Crippen MR) is 54.5 cm³/mol. The summed E-state index contributed by atoms with van der Waals surface area (Å²) in [7, 11) is 3.28. The molecule has 0 amide bonds. The zero-order valence-electron chi connectivity index (χ0n) is 8.66. The van der Waals surface area contributed by atoms with Crippen molar-refractivity contribution in [2.45, 2.75) is 6.42 Å². The van der Waals surface area contributed by atoms with Gasteiger partial charge in [0.15, 0.2) is 0 Å². The van der Waals surface area contributed by atoms with Crippen LogP contribution in [0.3, 0.4) is 0 Å². The molecule has 0 heterocycles. The Labute approximate surface area is 84.6 Å². The fourth-order valence-corrected chi connectivity index (χ4v) is 1.16. The standard InChI is InChI=1S/C11H16O3/c1-12-9-14-7-6-10-4-3-5-11(8-10)13-2/h3-5,8H,6-7,9H2,1-2H3. The summed E-state index contributed by atoms with van der Waals surface area (Å²) in [5, 5.41) is 0. The highest BCUT2D eigenvalue weighted by Gasteiger charge is 1.95. The van der Waals surface area contributed by atoms with Gasteiger partial charge in [-0.15, -0.1) is 0 Å². The van der Waals surface area contributed by atoms with E-state index in [1.807, 2.05) is 18.2 Å². The topological polar surface area (TPSA) is 27.7 Å². The van der Waals surface area contributed by atoms with E-state index in [1.54, 1.807) is 14.2 Å². The molecule has 0 aromatic heterocycles. The van der Waals surface area contributed by atoms with Gasteiger partial charge in [0, 0.05) is 7.11 Å². The molecule has 0 bridgehead atoms. The summed E-state index contributed by atoms with van der Waals surface area (Å²) in [6, 6.07) is 7.97. The number of methoxy groups -OCH3 is 2. The second kappa shape index (κ2) is 6.40. The lowest BCUT2D eigenvalue weighted by molar-refractivity contribution is -0.0291. The Morgan fingerprint density at radius 1 is 1.21 bits per heavy atom. The van der Waals surface area contributed by atoms with Gasteiger partial charge in [0.1, 0.15) is 12.5 Å². The first-order valence-corrected chi connectivity index (χ1v) is 4.56. The van der Waals surface area contributed by atoms with Crippen LogP contribution in [-0.2, 0) is 15.9 Å². The van der Waals surface area contributed by atoms with E-state index >= 15 is 0 Å². The zero-order valence-corrected chi connectivity index (χ0v) is 8.66. The number of benzene rings is 1. The minimum absolute atomic E-state index is 0.351. The summed E-state index contributed by atoms with van der Waals surface area (Å²) < 4.78 is 15.1. The fourth-order valence-electron chi connectivity index (χ4n) is 1.16. The Morgan fingerprint density at radius 3 is 2.79 bits per heavy atom. The number of hydrogen-bond donors (Lipinski definition) is 0. The Bertz CT molecular complexity index is 260. The van der Waals surface area contributed by atoms with Crippen molar-refractivity contribution in [1.29, 1.82) is 0 Å². The normalized spacial score (nSPS) is 10.1. The van der Waals surface area contributed by atoms with Gasteiger partial charge >= 0.3 is 0 Å². The number of ether oxygens (including phenoxy) is 3. The molecule has 0 saturated heterocycles. The number of rotatable bonds is 6. The summed E-state index contributed by atoms with van der Waals surface area (Å²) >= 11 is 0. The Balaban J connectivity index is 2.34. The van der Waals surface area contributed by atoms with Gasteiger partial charge in [-0.2, -0.15) is 0 Å². The summed E-state index contributed by atoms with van der Waals surface area (Å²) in [4.78, 5) is 0. The van der Waals surface area contributed by atoms with Crippen LogP contribution in [0.15, 0.2) is 24.3 Å². The molecule has 0 atom stereocenters. The Morgan fingerprint density at radius 2 is 2.07 bits per heavy atom. The van der Waals surface area contributed by atoms with Crippen molar-refractivity contribution in [3.63, 3.8) is 0 Å². The zero-order chi connectivity index (χ0) is 10.2. The van der Waals surface area contributed by atoms with Crippen LogP contribution in [0.1, 0.15) is 5.56 Å². The predicted octanol–water partition coefficient (Wildman–Crippen LogP) is 1.86. The Kier molecular flexibility index (Phi) is 5.04. The summed E-state index contributed by atoms with van der Waals surface area (Å²) in [5.41, 5.74) is 1.21. The van der Waals surface area contributed by atoms with Crippen LogP contribution in [0.2, 0.25) is 0 Å². The Hall–Kier alpha value is -1.06. The van der Waals surface area contributed by atoms with E-state index in [0.717, 1.165) is 12.2 Å². The SMILES string of the molecule is COCOCCc1cccc(OC)c1. The van der Waals surface area contributed by atoms with E-state index in [2.05, 4.69) is 6.07 Å². The molecule has 1 rings (SSSR count). The van der Waals surface area contributed by atoms with Gasteiger partial charge in [-0.05, 0) is 24.1 Å². The van der Waals surface area contributed by atoms with E-state index in [4.69, 9.17) is 14.2 Å². The third kappa shape index (κ3) is 3.77. The molecule has 0 N–H and O–H groups in total. The molecule has 0 fully saturated rings. The number of hydrogen-bond acceptors (Lipinski definition) is 3. The highest BCUT2D eigenvalue weighted by molar-refractivity contribution is 5.28. The molecule has 0 unspecified atom stereocenters. The van der Waals surface area contributed by atoms with Crippen LogP contribution in [0.4, 0.5) is 0 Å². The second-order valence-electron chi connectivity index (χ2n) is 2.92. The van der Waals surface area contributed by atoms with Crippen LogP contribution >= 0.6 is 0 Å². The van der Waals surface area contributed by atoms with Gasteiger partial charge in [0.25, 0.3) is 0 Å². The smallest absolute Gasteiger partial charge is 0.146 e. The first-order valence-electron chi connectivity index (χ1n) is 4.56. The van der Waals surface area contributed by atoms with Gasteiger partial charge < -0.3 is 14.2 Å². The van der Waals surface area contributed by atoms with E-state index in [-0.39, 0.29) is 0 Å². The van der Waals surface area contributed by atoms with E-state index in [1.165, 1.54) is 5.56 Å². The van der Waals surface area contributed by atoms with E-state index in [9.17, 15) is 0 Å². The quantitative estimate of drug-likeness (QED) is 0.513. The molecule has 14 heavy (non-hydrogen) atoms. The minimum atomic E-state index is 0.351. The largest absolute Gasteiger partial charge is 0.497 e. The molecule has 0 aliphatic carbocycles. The molecule has 0 radical (unpaired) electrons. The van der Waals surface area contributed by atoms with Crippen LogP contribution in [0.25, 0.3) is 0 Å². The average molecular weight is 196 g/mol. The second-order valence-corrected chi connectivity index (χ2v) is 2.92. The molecule has 78 valence electrons. The minimum Gasteiger partial charge on any atom is -0.497 e. The van der Waals surface area contributed by atoms with Crippen molar-refractivity contribution in [2.24, 2.45) is 0 Å². The third-order valence-electron chi connectivity index (χ3n) is 1.87. The molecule has 3 heteroatoms. The first kappa shape index (κ1) is 11.0. The van der Waals surface area contributed by atoms with Crippen LogP contribution in [0.5, 0.6) is 5.75 Å². The van der Waals surface area contributed by atoms with Crippen molar-refractivity contribution >= 4 is 0 Å². The highest BCUT2D eigenvalue weighted by Crippen LogP contribution is 2.12. The van der Waals surface area contributed by atoms with Crippen molar-refractivity contribution in [3.8, 4) is 5.75 Å². The summed E-state index contributed by atoms with van der Waals surface area (Å²) in [6.07, 6.45) is 0.876. The average Bonchev–Trinajstić information content (AvgIpc) is 2.25. The van der Waals surface area contributed by atoms with Crippen LogP contribution in [-0.4, -0.2) is 27.6 Å². The highest BCUT2D eigenvalue weighted by atomic mass is 16.7. The fraction of sp³-hybridized carbons (Fsp3) is 0.455. The van der Waals surface area contributed by atoms with Gasteiger partial charge in [0.2, 0.25) is 0 Å². The maximum atomic E-state index is 5.20. The summed E-state index contributed by atoms with van der Waals surface area (Å²) in [6.45, 7) is 1.02. The lowest BCUT2D eigenvalue weighted by atomic mass is 10.1. The maximum Gasteiger partial charge on any atom is 0.146 e. The van der Waals surface area contributed by atoms with E-state index in [0.29, 0.717) is 13.4 Å².